The summed E-state index contributed by atoms with van der Waals surface area (Å²) in [5, 5.41) is 6.89. The highest BCUT2D eigenvalue weighted by Crippen LogP contribution is 2.29. The van der Waals surface area contributed by atoms with Crippen LogP contribution in [-0.4, -0.2) is 47.7 Å². The largest absolute Gasteiger partial charge is 0.376 e. The first-order valence-electron chi connectivity index (χ1n) is 12.3. The van der Waals surface area contributed by atoms with Crippen LogP contribution in [0.15, 0.2) is 47.0 Å². The SMILES string of the molecule is Cc1cc(C)c(-c2cc(C(=O)N(CCC(=O)NCc3ccc(F)cc3)CC3CCCO3)no2)c(C)c1. The summed E-state index contributed by atoms with van der Waals surface area (Å²) >= 11 is 0. The van der Waals surface area contributed by atoms with Crippen LogP contribution < -0.4 is 5.32 Å². The molecule has 0 radical (unpaired) electrons. The minimum Gasteiger partial charge on any atom is -0.376 e. The smallest absolute Gasteiger partial charge is 0.276 e. The number of ether oxygens (including phenoxy) is 1. The zero-order valence-electron chi connectivity index (χ0n) is 21.0. The number of benzene rings is 2. The number of hydrogen-bond donors (Lipinski definition) is 1. The van der Waals surface area contributed by atoms with Crippen LogP contribution in [0.4, 0.5) is 4.39 Å². The third-order valence-electron chi connectivity index (χ3n) is 6.40. The zero-order chi connectivity index (χ0) is 25.7. The number of aromatic nitrogens is 1. The van der Waals surface area contributed by atoms with Crippen LogP contribution in [0, 0.1) is 26.6 Å². The zero-order valence-corrected chi connectivity index (χ0v) is 21.0. The molecule has 0 saturated carbocycles. The quantitative estimate of drug-likeness (QED) is 0.466. The third-order valence-corrected chi connectivity index (χ3v) is 6.40. The van der Waals surface area contributed by atoms with Gasteiger partial charge in [0.15, 0.2) is 11.5 Å². The number of hydrogen-bond acceptors (Lipinski definition) is 5. The van der Waals surface area contributed by atoms with E-state index in [1.165, 1.54) is 12.1 Å². The van der Waals surface area contributed by atoms with Crippen LogP contribution in [0.5, 0.6) is 0 Å². The first-order valence-corrected chi connectivity index (χ1v) is 12.3. The Hall–Kier alpha value is -3.52. The molecule has 2 amide bonds. The van der Waals surface area contributed by atoms with Gasteiger partial charge in [0.2, 0.25) is 5.91 Å². The molecule has 0 spiro atoms. The van der Waals surface area contributed by atoms with E-state index in [0.29, 0.717) is 25.5 Å². The van der Waals surface area contributed by atoms with Gasteiger partial charge in [-0.15, -0.1) is 0 Å². The summed E-state index contributed by atoms with van der Waals surface area (Å²) in [5.41, 5.74) is 5.19. The number of rotatable bonds is 9. The summed E-state index contributed by atoms with van der Waals surface area (Å²) < 4.78 is 24.4. The molecule has 190 valence electrons. The van der Waals surface area contributed by atoms with Gasteiger partial charge >= 0.3 is 0 Å². The molecule has 1 saturated heterocycles. The second-order valence-electron chi connectivity index (χ2n) is 9.39. The topological polar surface area (TPSA) is 84.7 Å². The van der Waals surface area contributed by atoms with E-state index in [-0.39, 0.29) is 42.4 Å². The Morgan fingerprint density at radius 1 is 1.11 bits per heavy atom. The van der Waals surface area contributed by atoms with Crippen LogP contribution in [0.3, 0.4) is 0 Å². The van der Waals surface area contributed by atoms with E-state index in [0.717, 1.165) is 40.7 Å². The standard InChI is InChI=1S/C28H32FN3O4/c1-18-13-19(2)27(20(3)14-18)25-15-24(31-36-25)28(34)32(17-23-5-4-12-35-23)11-10-26(33)30-16-21-6-8-22(29)9-7-21/h6-9,13-15,23H,4-5,10-12,16-17H2,1-3H3,(H,30,33). The number of carbonyl (C=O) groups is 2. The molecule has 2 aromatic carbocycles. The van der Waals surface area contributed by atoms with E-state index in [1.54, 1.807) is 23.1 Å². The summed E-state index contributed by atoms with van der Waals surface area (Å²) in [7, 11) is 0. The molecule has 4 rings (SSSR count). The van der Waals surface area contributed by atoms with Crippen LogP contribution in [0.25, 0.3) is 11.3 Å². The Kier molecular flexibility index (Phi) is 8.15. The molecule has 1 aliphatic rings. The van der Waals surface area contributed by atoms with Crippen molar-refractivity contribution in [3.8, 4) is 11.3 Å². The molecular weight excluding hydrogens is 461 g/mol. The predicted octanol–water partition coefficient (Wildman–Crippen LogP) is 4.73. The number of nitrogens with zero attached hydrogens (tertiary/aromatic N) is 2. The molecule has 0 bridgehead atoms. The van der Waals surface area contributed by atoms with Gasteiger partial charge in [0, 0.05) is 44.3 Å². The molecule has 2 heterocycles. The maximum atomic E-state index is 13.4. The van der Waals surface area contributed by atoms with Gasteiger partial charge in [0.1, 0.15) is 5.82 Å². The van der Waals surface area contributed by atoms with Gasteiger partial charge in [0.25, 0.3) is 5.91 Å². The minimum atomic E-state index is -0.322. The number of aryl methyl sites for hydroxylation is 3. The van der Waals surface area contributed by atoms with Gasteiger partial charge in [-0.05, 0) is 62.4 Å². The third kappa shape index (κ3) is 6.37. The number of nitrogens with one attached hydrogen (secondary N) is 1. The van der Waals surface area contributed by atoms with Crippen LogP contribution >= 0.6 is 0 Å². The lowest BCUT2D eigenvalue weighted by Crippen LogP contribution is -2.40. The van der Waals surface area contributed by atoms with E-state index in [1.807, 2.05) is 20.8 Å². The van der Waals surface area contributed by atoms with Crippen molar-refractivity contribution >= 4 is 11.8 Å². The van der Waals surface area contributed by atoms with Crippen molar-refractivity contribution in [3.63, 3.8) is 0 Å². The van der Waals surface area contributed by atoms with Gasteiger partial charge in [-0.2, -0.15) is 0 Å². The molecule has 1 aliphatic heterocycles. The van der Waals surface area contributed by atoms with Crippen molar-refractivity contribution in [3.05, 3.63) is 76.2 Å². The fourth-order valence-corrected chi connectivity index (χ4v) is 4.66. The molecule has 36 heavy (non-hydrogen) atoms. The van der Waals surface area contributed by atoms with Gasteiger partial charge < -0.3 is 19.5 Å². The van der Waals surface area contributed by atoms with Crippen molar-refractivity contribution in [2.24, 2.45) is 0 Å². The van der Waals surface area contributed by atoms with Gasteiger partial charge in [-0.3, -0.25) is 9.59 Å². The normalized spacial score (nSPS) is 15.2. The fraction of sp³-hybridized carbons (Fsp3) is 0.393. The number of carbonyl (C=O) groups excluding carboxylic acids is 2. The molecule has 1 N–H and O–H groups in total. The average Bonchev–Trinajstić information content (AvgIpc) is 3.53. The lowest BCUT2D eigenvalue weighted by molar-refractivity contribution is -0.121. The Morgan fingerprint density at radius 3 is 2.50 bits per heavy atom. The predicted molar refractivity (Wildman–Crippen MR) is 134 cm³/mol. The van der Waals surface area contributed by atoms with Crippen LogP contribution in [0.1, 0.15) is 52.0 Å². The van der Waals surface area contributed by atoms with E-state index in [9.17, 15) is 14.0 Å². The van der Waals surface area contributed by atoms with Crippen molar-refractivity contribution in [1.82, 2.24) is 15.4 Å². The number of amides is 2. The summed E-state index contributed by atoms with van der Waals surface area (Å²) in [6.07, 6.45) is 1.88. The molecule has 3 aromatic rings. The summed E-state index contributed by atoms with van der Waals surface area (Å²) in [4.78, 5) is 27.5. The van der Waals surface area contributed by atoms with Gasteiger partial charge in [-0.1, -0.05) is 35.0 Å². The van der Waals surface area contributed by atoms with Crippen molar-refractivity contribution < 1.29 is 23.2 Å². The monoisotopic (exact) mass is 493 g/mol. The first-order chi connectivity index (χ1) is 17.3. The molecule has 1 fully saturated rings. The first kappa shape index (κ1) is 25.6. The Bertz CT molecular complexity index is 1190. The Morgan fingerprint density at radius 2 is 1.83 bits per heavy atom. The van der Waals surface area contributed by atoms with E-state index >= 15 is 0 Å². The van der Waals surface area contributed by atoms with Crippen LogP contribution in [-0.2, 0) is 16.1 Å². The Balaban J connectivity index is 1.43. The summed E-state index contributed by atoms with van der Waals surface area (Å²) in [5.74, 6) is -0.273. The van der Waals surface area contributed by atoms with Crippen molar-refractivity contribution in [1.29, 1.82) is 0 Å². The molecular formula is C28H32FN3O4. The fourth-order valence-electron chi connectivity index (χ4n) is 4.66. The summed E-state index contributed by atoms with van der Waals surface area (Å²) in [6.45, 7) is 7.62. The average molecular weight is 494 g/mol. The van der Waals surface area contributed by atoms with Gasteiger partial charge in [-0.25, -0.2) is 4.39 Å². The maximum Gasteiger partial charge on any atom is 0.276 e. The van der Waals surface area contributed by atoms with Crippen molar-refractivity contribution in [2.75, 3.05) is 19.7 Å². The minimum absolute atomic E-state index is 0.0656. The highest BCUT2D eigenvalue weighted by Gasteiger charge is 2.26. The Labute approximate surface area is 210 Å². The molecule has 1 aromatic heterocycles. The lowest BCUT2D eigenvalue weighted by Gasteiger charge is -2.24. The molecule has 1 unspecified atom stereocenters. The second kappa shape index (κ2) is 11.5. The highest BCUT2D eigenvalue weighted by molar-refractivity contribution is 5.93. The van der Waals surface area contributed by atoms with E-state index in [2.05, 4.69) is 22.6 Å². The summed E-state index contributed by atoms with van der Waals surface area (Å²) in [6, 6.07) is 11.8. The lowest BCUT2D eigenvalue weighted by atomic mass is 9.98. The number of halogens is 1. The molecule has 0 aliphatic carbocycles. The highest BCUT2D eigenvalue weighted by atomic mass is 19.1. The second-order valence-corrected chi connectivity index (χ2v) is 9.39. The molecule has 8 heteroatoms. The molecule has 1 atom stereocenters. The van der Waals surface area contributed by atoms with E-state index in [4.69, 9.17) is 9.26 Å². The van der Waals surface area contributed by atoms with E-state index < -0.39 is 0 Å². The van der Waals surface area contributed by atoms with Crippen LogP contribution in [0.2, 0.25) is 0 Å². The van der Waals surface area contributed by atoms with Crippen molar-refractivity contribution in [2.45, 2.75) is 52.7 Å². The maximum absolute atomic E-state index is 13.4. The molecule has 7 nitrogen and oxygen atoms in total. The van der Waals surface area contributed by atoms with Gasteiger partial charge in [0.05, 0.1) is 6.10 Å².